The molecule has 4 nitrogen and oxygen atoms in total. The zero-order valence-corrected chi connectivity index (χ0v) is 16.4. The van der Waals surface area contributed by atoms with Gasteiger partial charge in [0.1, 0.15) is 0 Å². The van der Waals surface area contributed by atoms with Gasteiger partial charge in [-0.2, -0.15) is 0 Å². The number of carbonyl (C=O) groups excluding carboxylic acids is 2. The molecule has 4 rings (SSSR count). The second kappa shape index (κ2) is 8.29. The molecule has 5 heteroatoms. The van der Waals surface area contributed by atoms with Gasteiger partial charge in [-0.25, -0.2) is 0 Å². The van der Waals surface area contributed by atoms with Crippen LogP contribution in [0.15, 0.2) is 95.6 Å². The molecular weight excluding hydrogens is 382 g/mol. The second-order valence-corrected chi connectivity index (χ2v) is 7.69. The molecule has 2 aromatic carbocycles. The van der Waals surface area contributed by atoms with E-state index in [-0.39, 0.29) is 11.4 Å². The second-order valence-electron chi connectivity index (χ2n) is 6.71. The van der Waals surface area contributed by atoms with Crippen molar-refractivity contribution in [3.05, 3.63) is 112 Å². The minimum absolute atomic E-state index is 0.126. The maximum absolute atomic E-state index is 13.0. The highest BCUT2D eigenvalue weighted by Gasteiger charge is 2.43. The number of aliphatic hydroxyl groups excluding tert-OH is 1. The van der Waals surface area contributed by atoms with E-state index in [2.05, 4.69) is 0 Å². The van der Waals surface area contributed by atoms with E-state index in [0.29, 0.717) is 6.54 Å². The van der Waals surface area contributed by atoms with Crippen LogP contribution < -0.4 is 0 Å². The zero-order chi connectivity index (χ0) is 20.2. The van der Waals surface area contributed by atoms with Crippen LogP contribution in [0.2, 0.25) is 0 Å². The molecule has 1 atom stereocenters. The Morgan fingerprint density at radius 3 is 2.34 bits per heavy atom. The van der Waals surface area contributed by atoms with Crippen LogP contribution in [-0.4, -0.2) is 21.7 Å². The van der Waals surface area contributed by atoms with E-state index in [1.54, 1.807) is 11.0 Å². The molecule has 0 saturated heterocycles. The topological polar surface area (TPSA) is 57.6 Å². The first-order chi connectivity index (χ1) is 14.1. The molecule has 0 spiro atoms. The Morgan fingerprint density at radius 2 is 1.69 bits per heavy atom. The number of rotatable bonds is 6. The van der Waals surface area contributed by atoms with Gasteiger partial charge in [-0.1, -0.05) is 72.8 Å². The number of carbonyl (C=O) groups is 2. The van der Waals surface area contributed by atoms with Gasteiger partial charge in [0, 0.05) is 11.4 Å². The predicted molar refractivity (Wildman–Crippen MR) is 114 cm³/mol. The van der Waals surface area contributed by atoms with E-state index >= 15 is 0 Å². The summed E-state index contributed by atoms with van der Waals surface area (Å²) in [6, 6.07) is 22.2. The molecule has 1 unspecified atom stereocenters. The minimum atomic E-state index is -0.601. The number of thiophene rings is 1. The summed E-state index contributed by atoms with van der Waals surface area (Å²) in [7, 11) is 0. The molecule has 1 aliphatic heterocycles. The lowest BCUT2D eigenvalue weighted by atomic mass is 10.0. The van der Waals surface area contributed by atoms with E-state index in [4.69, 9.17) is 0 Å². The van der Waals surface area contributed by atoms with Crippen LogP contribution in [-0.2, 0) is 16.1 Å². The Bertz CT molecular complexity index is 1070. The summed E-state index contributed by atoms with van der Waals surface area (Å²) in [5.74, 6) is -1.36. The third-order valence-corrected chi connectivity index (χ3v) is 5.73. The number of hydrogen-bond donors (Lipinski definition) is 1. The molecule has 1 amide bonds. The Balaban J connectivity index is 1.68. The summed E-state index contributed by atoms with van der Waals surface area (Å²) in [6.07, 6.45) is 3.11. The Morgan fingerprint density at radius 1 is 1.00 bits per heavy atom. The lowest BCUT2D eigenvalue weighted by molar-refractivity contribution is -0.130. The van der Waals surface area contributed by atoms with Crippen LogP contribution in [0, 0.1) is 0 Å². The summed E-state index contributed by atoms with van der Waals surface area (Å²) in [4.78, 5) is 28.2. The van der Waals surface area contributed by atoms with Crippen molar-refractivity contribution in [3.8, 4) is 0 Å². The Labute approximate surface area is 173 Å². The molecule has 144 valence electrons. The first kappa shape index (κ1) is 18.9. The molecule has 1 aromatic heterocycles. The largest absolute Gasteiger partial charge is 0.503 e. The lowest BCUT2D eigenvalue weighted by Gasteiger charge is -2.25. The highest BCUT2D eigenvalue weighted by atomic mass is 32.1. The molecule has 0 aliphatic carbocycles. The van der Waals surface area contributed by atoms with E-state index in [0.717, 1.165) is 16.0 Å². The fourth-order valence-corrected chi connectivity index (χ4v) is 4.26. The smallest absolute Gasteiger partial charge is 0.290 e. The first-order valence-electron chi connectivity index (χ1n) is 9.24. The first-order valence-corrected chi connectivity index (χ1v) is 10.1. The summed E-state index contributed by atoms with van der Waals surface area (Å²) in [5, 5.41) is 12.5. The maximum Gasteiger partial charge on any atom is 0.290 e. The molecule has 3 aromatic rings. The summed E-state index contributed by atoms with van der Waals surface area (Å²) >= 11 is 1.46. The third-order valence-electron chi connectivity index (χ3n) is 4.80. The molecule has 2 heterocycles. The van der Waals surface area contributed by atoms with Gasteiger partial charge in [0.15, 0.2) is 11.5 Å². The zero-order valence-electron chi connectivity index (χ0n) is 15.6. The normalized spacial score (nSPS) is 16.8. The Hall–Kier alpha value is -3.44. The number of amides is 1. The van der Waals surface area contributed by atoms with Gasteiger partial charge < -0.3 is 10.0 Å². The molecule has 0 bridgehead atoms. The van der Waals surface area contributed by atoms with Crippen LogP contribution in [0.3, 0.4) is 0 Å². The van der Waals surface area contributed by atoms with Gasteiger partial charge in [0.2, 0.25) is 0 Å². The third kappa shape index (κ3) is 3.91. The molecule has 0 radical (unpaired) electrons. The summed E-state index contributed by atoms with van der Waals surface area (Å²) in [5.41, 5.74) is 1.93. The van der Waals surface area contributed by atoms with Gasteiger partial charge in [-0.3, -0.25) is 9.59 Å². The SMILES string of the molecule is O=C(C=Cc1ccccc1)C1=C(O)C(=O)N(Cc2ccccc2)C1c1cccs1. The summed E-state index contributed by atoms with van der Waals surface area (Å²) in [6.45, 7) is 0.311. The number of benzene rings is 2. The Kier molecular flexibility index (Phi) is 5.40. The van der Waals surface area contributed by atoms with Crippen LogP contribution in [0.4, 0.5) is 0 Å². The average Bonchev–Trinajstić information content (AvgIpc) is 3.36. The number of nitrogens with zero attached hydrogens (tertiary/aromatic N) is 1. The standard InChI is InChI=1S/C24H19NO3S/c26-19(14-13-17-8-3-1-4-9-17)21-22(20-12-7-15-29-20)25(24(28)23(21)27)16-18-10-5-2-6-11-18/h1-15,22,27H,16H2. The van der Waals surface area contributed by atoms with Gasteiger partial charge in [0.25, 0.3) is 5.91 Å². The van der Waals surface area contributed by atoms with Crippen LogP contribution >= 0.6 is 11.3 Å². The quantitative estimate of drug-likeness (QED) is 0.596. The molecule has 0 fully saturated rings. The number of ketones is 1. The lowest BCUT2D eigenvalue weighted by Crippen LogP contribution is -2.30. The number of aliphatic hydroxyl groups is 1. The van der Waals surface area contributed by atoms with Crippen molar-refractivity contribution in [2.45, 2.75) is 12.6 Å². The van der Waals surface area contributed by atoms with Gasteiger partial charge >= 0.3 is 0 Å². The van der Waals surface area contributed by atoms with Crippen LogP contribution in [0.5, 0.6) is 0 Å². The number of hydrogen-bond acceptors (Lipinski definition) is 4. The monoisotopic (exact) mass is 401 g/mol. The van der Waals surface area contributed by atoms with E-state index in [1.807, 2.05) is 78.2 Å². The van der Waals surface area contributed by atoms with Crippen molar-refractivity contribution >= 4 is 29.1 Å². The fourth-order valence-electron chi connectivity index (χ4n) is 3.42. The van der Waals surface area contributed by atoms with E-state index in [1.165, 1.54) is 17.4 Å². The van der Waals surface area contributed by atoms with Crippen molar-refractivity contribution in [3.63, 3.8) is 0 Å². The molecule has 1 aliphatic rings. The number of allylic oxidation sites excluding steroid dienone is 1. The fraction of sp³-hybridized carbons (Fsp3) is 0.0833. The van der Waals surface area contributed by atoms with Crippen molar-refractivity contribution in [1.29, 1.82) is 0 Å². The van der Waals surface area contributed by atoms with Gasteiger partial charge in [0.05, 0.1) is 11.6 Å². The van der Waals surface area contributed by atoms with E-state index < -0.39 is 17.7 Å². The average molecular weight is 401 g/mol. The predicted octanol–water partition coefficient (Wildman–Crippen LogP) is 4.93. The minimum Gasteiger partial charge on any atom is -0.503 e. The van der Waals surface area contributed by atoms with Crippen LogP contribution in [0.1, 0.15) is 22.0 Å². The van der Waals surface area contributed by atoms with Crippen molar-refractivity contribution in [2.24, 2.45) is 0 Å². The van der Waals surface area contributed by atoms with Crippen molar-refractivity contribution in [1.82, 2.24) is 4.90 Å². The highest BCUT2D eigenvalue weighted by molar-refractivity contribution is 7.10. The molecule has 0 saturated carbocycles. The molecule has 29 heavy (non-hydrogen) atoms. The van der Waals surface area contributed by atoms with Crippen LogP contribution in [0.25, 0.3) is 6.08 Å². The highest BCUT2D eigenvalue weighted by Crippen LogP contribution is 2.40. The maximum atomic E-state index is 13.0. The molecular formula is C24H19NO3S. The van der Waals surface area contributed by atoms with Crippen molar-refractivity contribution < 1.29 is 14.7 Å². The van der Waals surface area contributed by atoms with E-state index in [9.17, 15) is 14.7 Å². The van der Waals surface area contributed by atoms with Crippen molar-refractivity contribution in [2.75, 3.05) is 0 Å². The molecule has 1 N–H and O–H groups in total. The van der Waals surface area contributed by atoms with Gasteiger partial charge in [-0.05, 0) is 28.6 Å². The van der Waals surface area contributed by atoms with Gasteiger partial charge in [-0.15, -0.1) is 11.3 Å². The summed E-state index contributed by atoms with van der Waals surface area (Å²) < 4.78 is 0.